The summed E-state index contributed by atoms with van der Waals surface area (Å²) >= 11 is 1.73. The fraction of sp³-hybridized carbons (Fsp3) is 0.600. The van der Waals surface area contributed by atoms with Crippen molar-refractivity contribution in [1.29, 1.82) is 0 Å². The molecular weight excluding hydrogens is 348 g/mol. The predicted molar refractivity (Wildman–Crippen MR) is 105 cm³/mol. The van der Waals surface area contributed by atoms with E-state index in [4.69, 9.17) is 0 Å². The maximum absolute atomic E-state index is 12.5. The minimum atomic E-state index is -0.898. The molecule has 0 aromatic heterocycles. The van der Waals surface area contributed by atoms with Gasteiger partial charge in [-0.3, -0.25) is 4.79 Å². The molecule has 3 rings (SSSR count). The Balaban J connectivity index is 1.47. The van der Waals surface area contributed by atoms with Crippen LogP contribution in [0.25, 0.3) is 0 Å². The molecule has 0 saturated carbocycles. The SMILES string of the molecule is O=C(O)c1cccc(C2CCCN(C(=O)CSCCN3CCCC3)C2)c1. The molecule has 142 valence electrons. The van der Waals surface area contributed by atoms with Crippen LogP contribution in [0.15, 0.2) is 24.3 Å². The second-order valence-corrected chi connectivity index (χ2v) is 8.32. The van der Waals surface area contributed by atoms with E-state index < -0.39 is 5.97 Å². The molecule has 1 aromatic carbocycles. The third-order valence-electron chi connectivity index (χ3n) is 5.36. The van der Waals surface area contributed by atoms with E-state index in [9.17, 15) is 14.7 Å². The highest BCUT2D eigenvalue weighted by Gasteiger charge is 2.25. The molecule has 0 radical (unpaired) electrons. The van der Waals surface area contributed by atoms with Gasteiger partial charge >= 0.3 is 5.97 Å². The number of amides is 1. The van der Waals surface area contributed by atoms with Gasteiger partial charge in [-0.1, -0.05) is 12.1 Å². The van der Waals surface area contributed by atoms with Crippen LogP contribution in [-0.4, -0.2) is 71.0 Å². The van der Waals surface area contributed by atoms with Crippen molar-refractivity contribution in [3.63, 3.8) is 0 Å². The topological polar surface area (TPSA) is 60.9 Å². The largest absolute Gasteiger partial charge is 0.478 e. The number of carbonyl (C=O) groups is 2. The lowest BCUT2D eigenvalue weighted by Crippen LogP contribution is -2.40. The fourth-order valence-corrected chi connectivity index (χ4v) is 4.74. The molecule has 1 amide bonds. The summed E-state index contributed by atoms with van der Waals surface area (Å²) in [6, 6.07) is 7.16. The zero-order valence-corrected chi connectivity index (χ0v) is 16.0. The molecule has 0 spiro atoms. The first-order chi connectivity index (χ1) is 12.6. The number of benzene rings is 1. The van der Waals surface area contributed by atoms with Crippen molar-refractivity contribution in [1.82, 2.24) is 9.80 Å². The average molecular weight is 377 g/mol. The number of likely N-dealkylation sites (tertiary alicyclic amines) is 2. The smallest absolute Gasteiger partial charge is 0.335 e. The van der Waals surface area contributed by atoms with Gasteiger partial charge in [0.25, 0.3) is 0 Å². The van der Waals surface area contributed by atoms with Crippen molar-refractivity contribution in [2.45, 2.75) is 31.6 Å². The standard InChI is InChI=1S/C20H28N2O3S/c23-19(15-26-12-11-21-8-1-2-9-21)22-10-4-7-18(14-22)16-5-3-6-17(13-16)20(24)25/h3,5-6,13,18H,1-2,4,7-12,14-15H2,(H,24,25). The third-order valence-corrected chi connectivity index (χ3v) is 6.28. The van der Waals surface area contributed by atoms with Crippen molar-refractivity contribution < 1.29 is 14.7 Å². The number of nitrogens with zero attached hydrogens (tertiary/aromatic N) is 2. The van der Waals surface area contributed by atoms with E-state index in [0.29, 0.717) is 17.9 Å². The van der Waals surface area contributed by atoms with Gasteiger partial charge in [-0.25, -0.2) is 4.79 Å². The minimum Gasteiger partial charge on any atom is -0.478 e. The summed E-state index contributed by atoms with van der Waals surface area (Å²) in [5.41, 5.74) is 1.35. The third kappa shape index (κ3) is 5.24. The number of hydrogen-bond acceptors (Lipinski definition) is 4. The minimum absolute atomic E-state index is 0.218. The maximum atomic E-state index is 12.5. The fourth-order valence-electron chi connectivity index (χ4n) is 3.85. The molecule has 1 N–H and O–H groups in total. The molecule has 2 aliphatic heterocycles. The normalized spacial score (nSPS) is 21.1. The van der Waals surface area contributed by atoms with Crippen LogP contribution in [0.2, 0.25) is 0 Å². The van der Waals surface area contributed by atoms with Crippen molar-refractivity contribution in [3.05, 3.63) is 35.4 Å². The Kier molecular flexibility index (Phi) is 6.97. The van der Waals surface area contributed by atoms with Gasteiger partial charge in [-0.15, -0.1) is 0 Å². The van der Waals surface area contributed by atoms with Gasteiger partial charge in [-0.05, 0) is 56.5 Å². The number of carbonyl (C=O) groups excluding carboxylic acids is 1. The number of carboxylic acid groups (broad SMARTS) is 1. The monoisotopic (exact) mass is 376 g/mol. The van der Waals surface area contributed by atoms with Crippen LogP contribution < -0.4 is 0 Å². The molecule has 0 aliphatic carbocycles. The number of hydrogen-bond donors (Lipinski definition) is 1. The molecule has 0 bridgehead atoms. The summed E-state index contributed by atoms with van der Waals surface area (Å²) in [6.07, 6.45) is 4.60. The van der Waals surface area contributed by atoms with E-state index in [-0.39, 0.29) is 11.8 Å². The molecule has 2 fully saturated rings. The lowest BCUT2D eigenvalue weighted by atomic mass is 9.89. The average Bonchev–Trinajstić information content (AvgIpc) is 3.19. The van der Waals surface area contributed by atoms with Crippen LogP contribution in [0.4, 0.5) is 0 Å². The number of thioether (sulfide) groups is 1. The summed E-state index contributed by atoms with van der Waals surface area (Å²) in [4.78, 5) is 28.2. The molecule has 2 saturated heterocycles. The predicted octanol–water partition coefficient (Wildman–Crippen LogP) is 2.92. The molecule has 5 nitrogen and oxygen atoms in total. The zero-order chi connectivity index (χ0) is 18.4. The zero-order valence-electron chi connectivity index (χ0n) is 15.2. The molecule has 26 heavy (non-hydrogen) atoms. The summed E-state index contributed by atoms with van der Waals surface area (Å²) < 4.78 is 0. The molecular formula is C20H28N2O3S. The van der Waals surface area contributed by atoms with Gasteiger partial charge in [0.2, 0.25) is 5.91 Å². The maximum Gasteiger partial charge on any atom is 0.335 e. The van der Waals surface area contributed by atoms with Crippen molar-refractivity contribution in [2.75, 3.05) is 44.2 Å². The van der Waals surface area contributed by atoms with E-state index >= 15 is 0 Å². The van der Waals surface area contributed by atoms with Gasteiger partial charge in [0.05, 0.1) is 11.3 Å². The highest BCUT2D eigenvalue weighted by atomic mass is 32.2. The van der Waals surface area contributed by atoms with Crippen LogP contribution >= 0.6 is 11.8 Å². The summed E-state index contributed by atoms with van der Waals surface area (Å²) in [7, 11) is 0. The Morgan fingerprint density at radius 3 is 2.73 bits per heavy atom. The van der Waals surface area contributed by atoms with Crippen LogP contribution in [-0.2, 0) is 4.79 Å². The molecule has 1 aromatic rings. The van der Waals surface area contributed by atoms with Crippen LogP contribution in [0.1, 0.15) is 47.5 Å². The van der Waals surface area contributed by atoms with Crippen LogP contribution in [0.5, 0.6) is 0 Å². The first-order valence-electron chi connectivity index (χ1n) is 9.54. The van der Waals surface area contributed by atoms with E-state index in [2.05, 4.69) is 4.90 Å². The number of aromatic carboxylic acids is 1. The molecule has 1 unspecified atom stereocenters. The lowest BCUT2D eigenvalue weighted by Gasteiger charge is -2.33. The Labute approximate surface area is 159 Å². The Hall–Kier alpha value is -1.53. The van der Waals surface area contributed by atoms with Crippen LogP contribution in [0, 0.1) is 0 Å². The Morgan fingerprint density at radius 1 is 1.15 bits per heavy atom. The number of piperidine rings is 1. The van der Waals surface area contributed by atoms with Gasteiger partial charge in [0.1, 0.15) is 0 Å². The van der Waals surface area contributed by atoms with Crippen molar-refractivity contribution in [2.24, 2.45) is 0 Å². The summed E-state index contributed by atoms with van der Waals surface area (Å²) in [5.74, 6) is 1.13. The highest BCUT2D eigenvalue weighted by Crippen LogP contribution is 2.28. The molecule has 6 heteroatoms. The quantitative estimate of drug-likeness (QED) is 0.742. The molecule has 1 atom stereocenters. The number of rotatable bonds is 7. The van der Waals surface area contributed by atoms with Gasteiger partial charge < -0.3 is 14.9 Å². The van der Waals surface area contributed by atoms with E-state index in [1.165, 1.54) is 25.9 Å². The second kappa shape index (κ2) is 9.42. The Bertz CT molecular complexity index is 631. The first kappa shape index (κ1) is 19.2. The summed E-state index contributed by atoms with van der Waals surface area (Å²) in [5, 5.41) is 9.18. The Morgan fingerprint density at radius 2 is 1.96 bits per heavy atom. The second-order valence-electron chi connectivity index (χ2n) is 7.21. The highest BCUT2D eigenvalue weighted by molar-refractivity contribution is 7.99. The molecule has 2 aliphatic rings. The van der Waals surface area contributed by atoms with Gasteiger partial charge in [0, 0.05) is 31.3 Å². The van der Waals surface area contributed by atoms with E-state index in [1.54, 1.807) is 30.0 Å². The van der Waals surface area contributed by atoms with E-state index in [1.807, 2.05) is 11.0 Å². The summed E-state index contributed by atoms with van der Waals surface area (Å²) in [6.45, 7) is 5.02. The van der Waals surface area contributed by atoms with Crippen LogP contribution in [0.3, 0.4) is 0 Å². The van der Waals surface area contributed by atoms with Crippen molar-refractivity contribution >= 4 is 23.6 Å². The van der Waals surface area contributed by atoms with E-state index in [0.717, 1.165) is 37.2 Å². The van der Waals surface area contributed by atoms with Gasteiger partial charge in [0.15, 0.2) is 0 Å². The molecule has 2 heterocycles. The first-order valence-corrected chi connectivity index (χ1v) is 10.7. The lowest BCUT2D eigenvalue weighted by molar-refractivity contribution is -0.129. The van der Waals surface area contributed by atoms with Crippen molar-refractivity contribution in [3.8, 4) is 0 Å². The van der Waals surface area contributed by atoms with Gasteiger partial charge in [-0.2, -0.15) is 11.8 Å². The number of carboxylic acids is 1.